The highest BCUT2D eigenvalue weighted by Gasteiger charge is 2.61. The summed E-state index contributed by atoms with van der Waals surface area (Å²) in [7, 11) is 1.29. The number of esters is 1. The van der Waals surface area contributed by atoms with Crippen LogP contribution in [0.3, 0.4) is 0 Å². The summed E-state index contributed by atoms with van der Waals surface area (Å²) in [6.07, 6.45) is 0. The lowest BCUT2D eigenvalue weighted by Gasteiger charge is -2.37. The highest BCUT2D eigenvalue weighted by atomic mass is 16.5. The molecule has 5 nitrogen and oxygen atoms in total. The molecule has 1 heterocycles. The van der Waals surface area contributed by atoms with Gasteiger partial charge in [0.05, 0.1) is 18.4 Å². The Kier molecular flexibility index (Phi) is 3.33. The van der Waals surface area contributed by atoms with E-state index in [1.54, 1.807) is 25.1 Å². The van der Waals surface area contributed by atoms with Crippen molar-refractivity contribution in [1.29, 1.82) is 0 Å². The van der Waals surface area contributed by atoms with Gasteiger partial charge in [-0.15, -0.1) is 0 Å². The van der Waals surface area contributed by atoms with Crippen LogP contribution in [-0.2, 0) is 14.9 Å². The van der Waals surface area contributed by atoms with Gasteiger partial charge >= 0.3 is 5.97 Å². The Morgan fingerprint density at radius 2 is 1.58 bits per heavy atom. The Hall–Kier alpha value is -3.99. The Labute approximate surface area is 178 Å². The molecule has 3 aromatic rings. The maximum atomic E-state index is 14.2. The number of hydrogen-bond donors (Lipinski definition) is 1. The number of fused-ring (bicyclic) bond motifs is 4. The highest BCUT2D eigenvalue weighted by molar-refractivity contribution is 6.35. The van der Waals surface area contributed by atoms with Crippen LogP contribution in [0.1, 0.15) is 38.8 Å². The van der Waals surface area contributed by atoms with Crippen molar-refractivity contribution >= 4 is 34.0 Å². The molecular weight excluding hydrogens is 390 g/mol. The first-order valence-corrected chi connectivity index (χ1v) is 10.0. The van der Waals surface area contributed by atoms with E-state index in [1.807, 2.05) is 42.5 Å². The molecule has 1 spiro atoms. The Balaban J connectivity index is 1.80. The summed E-state index contributed by atoms with van der Waals surface area (Å²) in [5.74, 6) is -1.14. The molecule has 0 saturated heterocycles. The Bertz CT molecular complexity index is 1450. The molecule has 5 heteroatoms. The summed E-state index contributed by atoms with van der Waals surface area (Å²) < 4.78 is 5.13. The molecule has 150 valence electrons. The smallest absolute Gasteiger partial charge is 0.337 e. The van der Waals surface area contributed by atoms with E-state index in [1.165, 1.54) is 7.11 Å². The van der Waals surface area contributed by atoms with Crippen molar-refractivity contribution in [3.63, 3.8) is 0 Å². The van der Waals surface area contributed by atoms with Gasteiger partial charge in [-0.2, -0.15) is 0 Å². The fourth-order valence-electron chi connectivity index (χ4n) is 5.50. The molecule has 3 aromatic carbocycles. The van der Waals surface area contributed by atoms with Crippen molar-refractivity contribution < 1.29 is 19.1 Å². The topological polar surface area (TPSA) is 72.5 Å². The maximum absolute atomic E-state index is 14.2. The predicted molar refractivity (Wildman–Crippen MR) is 116 cm³/mol. The number of ketones is 2. The number of ether oxygens (including phenoxy) is 1. The van der Waals surface area contributed by atoms with Crippen LogP contribution in [0.25, 0.3) is 16.5 Å². The highest BCUT2D eigenvalue weighted by Crippen LogP contribution is 2.57. The monoisotopic (exact) mass is 407 g/mol. The lowest BCUT2D eigenvalue weighted by Crippen LogP contribution is -2.46. The summed E-state index contributed by atoms with van der Waals surface area (Å²) in [6.45, 7) is 1.75. The maximum Gasteiger partial charge on any atom is 0.337 e. The fourth-order valence-corrected chi connectivity index (χ4v) is 5.50. The van der Waals surface area contributed by atoms with Crippen LogP contribution >= 0.6 is 0 Å². The quantitative estimate of drug-likeness (QED) is 0.619. The molecule has 3 aliphatic rings. The van der Waals surface area contributed by atoms with Gasteiger partial charge in [0.1, 0.15) is 5.41 Å². The van der Waals surface area contributed by atoms with Gasteiger partial charge in [0.2, 0.25) is 0 Å². The summed E-state index contributed by atoms with van der Waals surface area (Å²) in [4.78, 5) is 41.1. The Morgan fingerprint density at radius 3 is 2.32 bits per heavy atom. The largest absolute Gasteiger partial charge is 0.466 e. The van der Waals surface area contributed by atoms with Crippen molar-refractivity contribution in [3.05, 3.63) is 99.8 Å². The van der Waals surface area contributed by atoms with E-state index in [-0.39, 0.29) is 17.1 Å². The van der Waals surface area contributed by atoms with Crippen LogP contribution in [0.2, 0.25) is 0 Å². The molecule has 0 saturated carbocycles. The fraction of sp³-hybridized carbons (Fsp3) is 0.115. The lowest BCUT2D eigenvalue weighted by molar-refractivity contribution is -0.136. The molecule has 2 aliphatic carbocycles. The van der Waals surface area contributed by atoms with E-state index >= 15 is 0 Å². The predicted octanol–water partition coefficient (Wildman–Crippen LogP) is 3.93. The van der Waals surface area contributed by atoms with Crippen LogP contribution in [0.5, 0.6) is 0 Å². The normalized spacial score (nSPS) is 21.0. The summed E-state index contributed by atoms with van der Waals surface area (Å²) >= 11 is 0. The van der Waals surface area contributed by atoms with Gasteiger partial charge in [-0.05, 0) is 23.3 Å². The number of hydrogen-bond acceptors (Lipinski definition) is 5. The molecule has 1 unspecified atom stereocenters. The lowest BCUT2D eigenvalue weighted by atomic mass is 9.64. The first-order chi connectivity index (χ1) is 15.0. The molecule has 0 fully saturated rings. The van der Waals surface area contributed by atoms with Gasteiger partial charge in [-0.3, -0.25) is 9.59 Å². The van der Waals surface area contributed by atoms with Gasteiger partial charge < -0.3 is 10.1 Å². The second-order valence-corrected chi connectivity index (χ2v) is 8.03. The van der Waals surface area contributed by atoms with E-state index < -0.39 is 11.4 Å². The number of dihydropyridines is 1. The van der Waals surface area contributed by atoms with E-state index in [4.69, 9.17) is 4.74 Å². The SMILES string of the molecule is COC(=O)C1=C(C)NC2=C(C(=O)c3ccccc32)C12C(=O)c1cccc3cccc2c13. The number of rotatable bonds is 1. The number of carbonyl (C=O) groups excluding carboxylic acids is 3. The standard InChI is InChI=1S/C26H17NO4/c1-13-20(25(30)31-2)26(21-22(27-13)15-9-3-4-10-16(15)23(21)28)18-12-6-8-14-7-5-11-17(19(14)18)24(26)29/h3-12,27H,1-2H3. The summed E-state index contributed by atoms with van der Waals surface area (Å²) in [5, 5.41) is 4.92. The van der Waals surface area contributed by atoms with E-state index in [2.05, 4.69) is 5.32 Å². The molecule has 0 bridgehead atoms. The number of Topliss-reactive ketones (excluding diaryl/α,β-unsaturated/α-hetero) is 2. The average molecular weight is 407 g/mol. The molecular formula is C26H17NO4. The number of methoxy groups -OCH3 is 1. The molecule has 0 aromatic heterocycles. The molecule has 31 heavy (non-hydrogen) atoms. The minimum absolute atomic E-state index is 0.170. The summed E-state index contributed by atoms with van der Waals surface area (Å²) in [5.41, 5.74) is 2.45. The van der Waals surface area contributed by atoms with E-state index in [0.717, 1.165) is 16.3 Å². The summed E-state index contributed by atoms with van der Waals surface area (Å²) in [6, 6.07) is 18.4. The Morgan fingerprint density at radius 1 is 0.903 bits per heavy atom. The average Bonchev–Trinajstić information content (AvgIpc) is 3.21. The van der Waals surface area contributed by atoms with Crippen molar-refractivity contribution in [2.45, 2.75) is 12.3 Å². The van der Waals surface area contributed by atoms with Crippen molar-refractivity contribution in [1.82, 2.24) is 5.32 Å². The zero-order valence-electron chi connectivity index (χ0n) is 16.9. The molecule has 0 radical (unpaired) electrons. The van der Waals surface area contributed by atoms with Gasteiger partial charge in [-0.25, -0.2) is 4.79 Å². The van der Waals surface area contributed by atoms with E-state index in [0.29, 0.717) is 33.7 Å². The van der Waals surface area contributed by atoms with Crippen molar-refractivity contribution in [3.8, 4) is 0 Å². The van der Waals surface area contributed by atoms with Crippen molar-refractivity contribution in [2.24, 2.45) is 0 Å². The third-order valence-corrected chi connectivity index (χ3v) is 6.64. The van der Waals surface area contributed by atoms with E-state index in [9.17, 15) is 14.4 Å². The van der Waals surface area contributed by atoms with Gasteiger partial charge in [0, 0.05) is 28.0 Å². The number of carbonyl (C=O) groups is 3. The first kappa shape index (κ1) is 17.8. The van der Waals surface area contributed by atoms with Gasteiger partial charge in [-0.1, -0.05) is 60.7 Å². The van der Waals surface area contributed by atoms with Crippen LogP contribution in [-0.4, -0.2) is 24.6 Å². The number of nitrogens with one attached hydrogen (secondary N) is 1. The second-order valence-electron chi connectivity index (χ2n) is 8.03. The number of benzene rings is 3. The number of allylic oxidation sites excluding steroid dienone is 2. The van der Waals surface area contributed by atoms with Crippen molar-refractivity contribution in [2.75, 3.05) is 7.11 Å². The molecule has 0 amide bonds. The van der Waals surface area contributed by atoms with Crippen LogP contribution in [0, 0.1) is 0 Å². The van der Waals surface area contributed by atoms with Crippen LogP contribution < -0.4 is 5.32 Å². The molecule has 1 N–H and O–H groups in total. The van der Waals surface area contributed by atoms with Crippen LogP contribution in [0.4, 0.5) is 0 Å². The van der Waals surface area contributed by atoms with Crippen LogP contribution in [0.15, 0.2) is 77.5 Å². The third kappa shape index (κ3) is 1.89. The third-order valence-electron chi connectivity index (χ3n) is 6.64. The zero-order chi connectivity index (χ0) is 21.5. The second kappa shape index (κ2) is 5.79. The van der Waals surface area contributed by atoms with Gasteiger partial charge in [0.15, 0.2) is 11.6 Å². The minimum Gasteiger partial charge on any atom is -0.466 e. The molecule has 1 atom stereocenters. The first-order valence-electron chi connectivity index (χ1n) is 10.0. The molecule has 6 rings (SSSR count). The minimum atomic E-state index is -1.54. The van der Waals surface area contributed by atoms with Gasteiger partial charge in [0.25, 0.3) is 0 Å². The molecule has 1 aliphatic heterocycles. The zero-order valence-corrected chi connectivity index (χ0v) is 16.9.